The summed E-state index contributed by atoms with van der Waals surface area (Å²) in [5, 5.41) is 12.7. The Morgan fingerprint density at radius 2 is 2.05 bits per heavy atom. The fourth-order valence-electron chi connectivity index (χ4n) is 3.20. The van der Waals surface area contributed by atoms with Gasteiger partial charge >= 0.3 is 0 Å². The van der Waals surface area contributed by atoms with E-state index in [-0.39, 0.29) is 23.8 Å². The highest BCUT2D eigenvalue weighted by molar-refractivity contribution is 5.84. The summed E-state index contributed by atoms with van der Waals surface area (Å²) in [5.74, 6) is 0.0851. The summed E-state index contributed by atoms with van der Waals surface area (Å²) in [5.41, 5.74) is 2.32. The summed E-state index contributed by atoms with van der Waals surface area (Å²) >= 11 is 0. The zero-order chi connectivity index (χ0) is 15.3. The molecule has 1 atom stereocenters. The molecule has 1 aliphatic rings. The second-order valence-electron chi connectivity index (χ2n) is 6.23. The number of fused-ring (bicyclic) bond motifs is 1. The van der Waals surface area contributed by atoms with Gasteiger partial charge in [-0.15, -0.1) is 0 Å². The van der Waals surface area contributed by atoms with Gasteiger partial charge < -0.3 is 10.4 Å². The lowest BCUT2D eigenvalue weighted by atomic mass is 9.81. The third-order valence-electron chi connectivity index (χ3n) is 5.16. The maximum absolute atomic E-state index is 12.6. The number of rotatable bonds is 6. The van der Waals surface area contributed by atoms with Gasteiger partial charge in [0.05, 0.1) is 12.5 Å². The lowest BCUT2D eigenvalue weighted by Crippen LogP contribution is -2.41. The largest absolute Gasteiger partial charge is 0.396 e. The van der Waals surface area contributed by atoms with Gasteiger partial charge in [-0.2, -0.15) is 0 Å². The van der Waals surface area contributed by atoms with Crippen LogP contribution < -0.4 is 5.32 Å². The zero-order valence-corrected chi connectivity index (χ0v) is 13.2. The first kappa shape index (κ1) is 16.0. The average molecular weight is 289 g/mol. The van der Waals surface area contributed by atoms with Crippen molar-refractivity contribution in [2.45, 2.75) is 51.9 Å². The normalized spacial score (nSPS) is 18.1. The van der Waals surface area contributed by atoms with Gasteiger partial charge in [-0.3, -0.25) is 4.79 Å². The van der Waals surface area contributed by atoms with Crippen LogP contribution in [0.4, 0.5) is 0 Å². The molecule has 1 aromatic carbocycles. The number of aliphatic hydroxyl groups excluding tert-OH is 1. The molecule has 1 aromatic rings. The molecular weight excluding hydrogens is 262 g/mol. The highest BCUT2D eigenvalue weighted by atomic mass is 16.3. The molecule has 0 saturated heterocycles. The number of hydrogen-bond acceptors (Lipinski definition) is 2. The lowest BCUT2D eigenvalue weighted by Gasteiger charge is -2.31. The molecule has 3 heteroatoms. The number of hydrogen-bond donors (Lipinski definition) is 2. The number of carbonyl (C=O) groups excluding carboxylic acids is 1. The molecule has 21 heavy (non-hydrogen) atoms. The van der Waals surface area contributed by atoms with E-state index in [2.05, 4.69) is 31.3 Å². The van der Waals surface area contributed by atoms with E-state index < -0.39 is 0 Å². The minimum atomic E-state index is -0.177. The second kappa shape index (κ2) is 7.08. The zero-order valence-electron chi connectivity index (χ0n) is 13.2. The summed E-state index contributed by atoms with van der Waals surface area (Å²) in [6.45, 7) is 4.83. The van der Waals surface area contributed by atoms with E-state index in [0.29, 0.717) is 6.54 Å². The molecule has 3 nitrogen and oxygen atoms in total. The molecule has 116 valence electrons. The van der Waals surface area contributed by atoms with Crippen LogP contribution >= 0.6 is 0 Å². The van der Waals surface area contributed by atoms with Crippen LogP contribution in [0.15, 0.2) is 24.3 Å². The third kappa shape index (κ3) is 3.46. The number of amides is 1. The van der Waals surface area contributed by atoms with E-state index in [1.54, 1.807) is 0 Å². The van der Waals surface area contributed by atoms with Crippen molar-refractivity contribution in [3.8, 4) is 0 Å². The smallest absolute Gasteiger partial charge is 0.227 e. The summed E-state index contributed by atoms with van der Waals surface area (Å²) in [4.78, 5) is 12.6. The Bertz CT molecular complexity index is 472. The molecule has 0 aromatic heterocycles. The van der Waals surface area contributed by atoms with Crippen LogP contribution in [0.3, 0.4) is 0 Å². The first-order chi connectivity index (χ1) is 10.2. The minimum absolute atomic E-state index is 0.0277. The van der Waals surface area contributed by atoms with Gasteiger partial charge in [-0.25, -0.2) is 0 Å². The Kier molecular flexibility index (Phi) is 5.40. The van der Waals surface area contributed by atoms with Crippen LogP contribution in [0.2, 0.25) is 0 Å². The Labute approximate surface area is 127 Å². The van der Waals surface area contributed by atoms with Gasteiger partial charge in [0, 0.05) is 12.0 Å². The number of nitrogens with one attached hydrogen (secondary N) is 1. The van der Waals surface area contributed by atoms with Crippen LogP contribution in [0.1, 0.15) is 56.6 Å². The number of benzene rings is 1. The molecule has 1 unspecified atom stereocenters. The molecule has 0 radical (unpaired) electrons. The molecule has 0 heterocycles. The molecule has 2 rings (SSSR count). The second-order valence-corrected chi connectivity index (χ2v) is 6.23. The van der Waals surface area contributed by atoms with Crippen LogP contribution in [-0.2, 0) is 11.2 Å². The summed E-state index contributed by atoms with van der Waals surface area (Å²) in [6.07, 6.45) is 4.82. The Hall–Kier alpha value is -1.35. The van der Waals surface area contributed by atoms with Gasteiger partial charge in [0.25, 0.3) is 0 Å². The van der Waals surface area contributed by atoms with Crippen LogP contribution in [0.5, 0.6) is 0 Å². The maximum Gasteiger partial charge on any atom is 0.227 e. The van der Waals surface area contributed by atoms with Gasteiger partial charge in [0.15, 0.2) is 0 Å². The average Bonchev–Trinajstić information content (AvgIpc) is 2.56. The molecular formula is C18H27NO2. The van der Waals surface area contributed by atoms with Gasteiger partial charge in [-0.1, -0.05) is 38.1 Å². The van der Waals surface area contributed by atoms with Crippen molar-refractivity contribution in [2.24, 2.45) is 5.41 Å². The van der Waals surface area contributed by atoms with Crippen molar-refractivity contribution in [3.63, 3.8) is 0 Å². The molecule has 0 fully saturated rings. The Morgan fingerprint density at radius 3 is 2.71 bits per heavy atom. The van der Waals surface area contributed by atoms with Gasteiger partial charge in [-0.05, 0) is 43.2 Å². The highest BCUT2D eigenvalue weighted by Crippen LogP contribution is 2.32. The fraction of sp³-hybridized carbons (Fsp3) is 0.611. The highest BCUT2D eigenvalue weighted by Gasteiger charge is 2.30. The standard InChI is InChI=1S/C18H27NO2/c1-3-18(4-2,13-20)12-19-17(21)16-11-7-9-14-8-5-6-10-15(14)16/h5-6,8,10,16,20H,3-4,7,9,11-13H2,1-2H3,(H,19,21). The van der Waals surface area contributed by atoms with Crippen molar-refractivity contribution in [1.82, 2.24) is 5.32 Å². The van der Waals surface area contributed by atoms with E-state index in [1.807, 2.05) is 12.1 Å². The van der Waals surface area contributed by atoms with Crippen molar-refractivity contribution >= 4 is 5.91 Å². The first-order valence-corrected chi connectivity index (χ1v) is 8.12. The topological polar surface area (TPSA) is 49.3 Å². The van der Waals surface area contributed by atoms with Crippen molar-refractivity contribution in [3.05, 3.63) is 35.4 Å². The molecule has 0 aliphatic heterocycles. The number of aliphatic hydroxyl groups is 1. The van der Waals surface area contributed by atoms with Crippen LogP contribution in [-0.4, -0.2) is 24.2 Å². The Balaban J connectivity index is 2.05. The summed E-state index contributed by atoms with van der Waals surface area (Å²) < 4.78 is 0. The molecule has 0 saturated carbocycles. The summed E-state index contributed by atoms with van der Waals surface area (Å²) in [7, 11) is 0. The maximum atomic E-state index is 12.6. The minimum Gasteiger partial charge on any atom is -0.396 e. The van der Waals surface area contributed by atoms with Gasteiger partial charge in [0.1, 0.15) is 0 Å². The van der Waals surface area contributed by atoms with Crippen LogP contribution in [0.25, 0.3) is 0 Å². The van der Waals surface area contributed by atoms with Crippen molar-refractivity contribution < 1.29 is 9.90 Å². The van der Waals surface area contributed by atoms with Crippen LogP contribution in [0, 0.1) is 5.41 Å². The van der Waals surface area contributed by atoms with Crippen molar-refractivity contribution in [1.29, 1.82) is 0 Å². The summed E-state index contributed by atoms with van der Waals surface area (Å²) in [6, 6.07) is 8.27. The molecule has 1 aliphatic carbocycles. The predicted octanol–water partition coefficient (Wildman–Crippen LogP) is 3.02. The predicted molar refractivity (Wildman–Crippen MR) is 85.2 cm³/mol. The van der Waals surface area contributed by atoms with E-state index >= 15 is 0 Å². The number of aryl methyl sites for hydroxylation is 1. The molecule has 0 spiro atoms. The van der Waals surface area contributed by atoms with E-state index in [9.17, 15) is 9.90 Å². The van der Waals surface area contributed by atoms with Gasteiger partial charge in [0.2, 0.25) is 5.91 Å². The fourth-order valence-corrected chi connectivity index (χ4v) is 3.20. The molecule has 2 N–H and O–H groups in total. The molecule has 1 amide bonds. The molecule has 0 bridgehead atoms. The Morgan fingerprint density at radius 1 is 1.33 bits per heavy atom. The van der Waals surface area contributed by atoms with Crippen molar-refractivity contribution in [2.75, 3.05) is 13.2 Å². The monoisotopic (exact) mass is 289 g/mol. The number of carbonyl (C=O) groups is 1. The third-order valence-corrected chi connectivity index (χ3v) is 5.16. The quantitative estimate of drug-likeness (QED) is 0.845. The van der Waals surface area contributed by atoms with E-state index in [1.165, 1.54) is 11.1 Å². The lowest BCUT2D eigenvalue weighted by molar-refractivity contribution is -0.123. The van der Waals surface area contributed by atoms with E-state index in [4.69, 9.17) is 0 Å². The first-order valence-electron chi connectivity index (χ1n) is 8.12. The SMILES string of the molecule is CCC(CC)(CO)CNC(=O)C1CCCc2ccccc21. The van der Waals surface area contributed by atoms with E-state index in [0.717, 1.165) is 32.1 Å².